The molecule has 8 heteroatoms. The number of methoxy groups -OCH3 is 1. The zero-order chi connectivity index (χ0) is 12.6. The zero-order valence-corrected chi connectivity index (χ0v) is 10.7. The van der Waals surface area contributed by atoms with Crippen molar-refractivity contribution in [1.29, 1.82) is 0 Å². The fourth-order valence-electron chi connectivity index (χ4n) is 1.47. The van der Waals surface area contributed by atoms with Crippen LogP contribution in [0.5, 0.6) is 0 Å². The van der Waals surface area contributed by atoms with Gasteiger partial charge in [0.1, 0.15) is 14.6 Å². The maximum atomic E-state index is 11.4. The summed E-state index contributed by atoms with van der Waals surface area (Å²) in [6, 6.07) is 2.64. The number of nitro groups is 1. The Bertz CT molecular complexity index is 622. The Hall–Kier alpha value is -1.71. The van der Waals surface area contributed by atoms with Gasteiger partial charge in [-0.15, -0.1) is 0 Å². The van der Waals surface area contributed by atoms with Gasteiger partial charge in [-0.2, -0.15) is 5.10 Å². The lowest BCUT2D eigenvalue weighted by molar-refractivity contribution is -0.383. The van der Waals surface area contributed by atoms with Crippen molar-refractivity contribution in [3.63, 3.8) is 0 Å². The Balaban J connectivity index is 2.77. The summed E-state index contributed by atoms with van der Waals surface area (Å²) >= 11 is 1.91. The molecule has 0 bridgehead atoms. The number of halogens is 1. The average Bonchev–Trinajstić information content (AvgIpc) is 2.69. The van der Waals surface area contributed by atoms with Crippen molar-refractivity contribution in [2.75, 3.05) is 7.11 Å². The molecule has 2 rings (SSSR count). The van der Waals surface area contributed by atoms with E-state index < -0.39 is 10.9 Å². The number of H-pyrrole nitrogens is 1. The second kappa shape index (κ2) is 4.28. The number of carbonyl (C=O) groups is 1. The second-order valence-corrected chi connectivity index (χ2v) is 4.25. The van der Waals surface area contributed by atoms with E-state index in [9.17, 15) is 14.9 Å². The van der Waals surface area contributed by atoms with E-state index in [1.165, 1.54) is 19.2 Å². The molecule has 17 heavy (non-hydrogen) atoms. The minimum Gasteiger partial charge on any atom is -0.465 e. The van der Waals surface area contributed by atoms with E-state index in [-0.39, 0.29) is 11.3 Å². The highest BCUT2D eigenvalue weighted by Crippen LogP contribution is 2.29. The van der Waals surface area contributed by atoms with E-state index in [1.54, 1.807) is 0 Å². The molecule has 1 heterocycles. The number of benzene rings is 1. The molecule has 1 aromatic carbocycles. The number of ether oxygens (including phenoxy) is 1. The molecule has 0 unspecified atom stereocenters. The highest BCUT2D eigenvalue weighted by molar-refractivity contribution is 14.1. The summed E-state index contributed by atoms with van der Waals surface area (Å²) in [4.78, 5) is 21.7. The molecule has 2 aromatic rings. The van der Waals surface area contributed by atoms with Gasteiger partial charge in [0.15, 0.2) is 0 Å². The number of fused-ring (bicyclic) bond motifs is 1. The molecule has 0 fully saturated rings. The summed E-state index contributed by atoms with van der Waals surface area (Å²) < 4.78 is 5.08. The molecule has 0 spiro atoms. The van der Waals surface area contributed by atoms with Crippen LogP contribution in [-0.4, -0.2) is 28.2 Å². The van der Waals surface area contributed by atoms with Crippen LogP contribution in [0.3, 0.4) is 0 Å². The van der Waals surface area contributed by atoms with Crippen molar-refractivity contribution in [1.82, 2.24) is 10.2 Å². The van der Waals surface area contributed by atoms with Gasteiger partial charge in [-0.3, -0.25) is 15.2 Å². The Morgan fingerprint density at radius 3 is 2.88 bits per heavy atom. The molecule has 0 saturated carbocycles. The van der Waals surface area contributed by atoms with Crippen molar-refractivity contribution in [3.05, 3.63) is 31.5 Å². The number of aromatic amines is 1. The fraction of sp³-hybridized carbons (Fsp3) is 0.111. The maximum absolute atomic E-state index is 11.4. The number of carbonyl (C=O) groups excluding carboxylic acids is 1. The minimum absolute atomic E-state index is 0.106. The molecule has 0 atom stereocenters. The van der Waals surface area contributed by atoms with E-state index >= 15 is 0 Å². The number of hydrogen-bond acceptors (Lipinski definition) is 5. The lowest BCUT2D eigenvalue weighted by Gasteiger charge is -2.00. The van der Waals surface area contributed by atoms with Crippen LogP contribution in [0.2, 0.25) is 0 Å². The Labute approximate surface area is 108 Å². The van der Waals surface area contributed by atoms with Gasteiger partial charge in [0.25, 0.3) is 5.69 Å². The first-order chi connectivity index (χ1) is 8.04. The molecule has 0 aliphatic carbocycles. The summed E-state index contributed by atoms with van der Waals surface area (Å²) in [5, 5.41) is 17.9. The van der Waals surface area contributed by atoms with Crippen LogP contribution >= 0.6 is 22.6 Å². The third-order valence-electron chi connectivity index (χ3n) is 2.21. The number of nitro benzene ring substituents is 1. The molecular weight excluding hydrogens is 341 g/mol. The van der Waals surface area contributed by atoms with E-state index in [2.05, 4.69) is 14.9 Å². The SMILES string of the molecule is COC(=O)c1cc([N+](=O)[O-])c2c(I)[nH]nc2c1. The van der Waals surface area contributed by atoms with Crippen LogP contribution in [0.15, 0.2) is 12.1 Å². The van der Waals surface area contributed by atoms with Crippen LogP contribution in [0.4, 0.5) is 5.69 Å². The van der Waals surface area contributed by atoms with Crippen molar-refractivity contribution < 1.29 is 14.5 Å². The summed E-state index contributed by atoms with van der Waals surface area (Å²) in [6.07, 6.45) is 0. The lowest BCUT2D eigenvalue weighted by Crippen LogP contribution is -2.02. The first kappa shape index (κ1) is 11.8. The number of nitrogens with one attached hydrogen (secondary N) is 1. The number of nitrogens with zero attached hydrogens (tertiary/aromatic N) is 2. The van der Waals surface area contributed by atoms with Gasteiger partial charge in [-0.1, -0.05) is 0 Å². The summed E-state index contributed by atoms with van der Waals surface area (Å²) in [5.41, 5.74) is 0.305. The van der Waals surface area contributed by atoms with Crippen LogP contribution in [-0.2, 0) is 4.74 Å². The van der Waals surface area contributed by atoms with E-state index in [0.717, 1.165) is 0 Å². The topological polar surface area (TPSA) is 98.1 Å². The highest BCUT2D eigenvalue weighted by Gasteiger charge is 2.21. The molecule has 0 radical (unpaired) electrons. The molecular formula is C9H6IN3O4. The molecule has 0 amide bonds. The first-order valence-electron chi connectivity index (χ1n) is 4.45. The Morgan fingerprint density at radius 2 is 2.29 bits per heavy atom. The first-order valence-corrected chi connectivity index (χ1v) is 5.52. The van der Waals surface area contributed by atoms with Gasteiger partial charge < -0.3 is 4.74 Å². The number of esters is 1. The molecule has 7 nitrogen and oxygen atoms in total. The number of rotatable bonds is 2. The predicted molar refractivity (Wildman–Crippen MR) is 66.8 cm³/mol. The summed E-state index contributed by atoms with van der Waals surface area (Å²) in [6.45, 7) is 0. The van der Waals surface area contributed by atoms with Crippen LogP contribution < -0.4 is 0 Å². The normalized spacial score (nSPS) is 10.5. The molecule has 88 valence electrons. The van der Waals surface area contributed by atoms with Crippen molar-refractivity contribution in [2.24, 2.45) is 0 Å². The lowest BCUT2D eigenvalue weighted by atomic mass is 10.1. The molecule has 1 aromatic heterocycles. The third-order valence-corrected chi connectivity index (χ3v) is 2.99. The van der Waals surface area contributed by atoms with Crippen LogP contribution in [0, 0.1) is 13.8 Å². The minimum atomic E-state index is -0.631. The standard InChI is InChI=1S/C9H6IN3O4/c1-17-9(14)4-2-5-7(8(10)12-11-5)6(3-4)13(15)16/h2-3H,1H3,(H,11,12). The average molecular weight is 347 g/mol. The quantitative estimate of drug-likeness (QED) is 0.387. The van der Waals surface area contributed by atoms with Crippen molar-refractivity contribution in [3.8, 4) is 0 Å². The van der Waals surface area contributed by atoms with E-state index in [1.807, 2.05) is 22.6 Å². The smallest absolute Gasteiger partial charge is 0.338 e. The third kappa shape index (κ3) is 1.95. The monoisotopic (exact) mass is 347 g/mol. The second-order valence-electron chi connectivity index (χ2n) is 3.18. The zero-order valence-electron chi connectivity index (χ0n) is 8.56. The van der Waals surface area contributed by atoms with E-state index in [0.29, 0.717) is 14.6 Å². The summed E-state index contributed by atoms with van der Waals surface area (Å²) in [7, 11) is 1.21. The van der Waals surface area contributed by atoms with Gasteiger partial charge in [0, 0.05) is 6.07 Å². The summed E-state index contributed by atoms with van der Waals surface area (Å²) in [5.74, 6) is -0.631. The van der Waals surface area contributed by atoms with Crippen molar-refractivity contribution >= 4 is 45.2 Å². The Kier molecular flexibility index (Phi) is 2.96. The highest BCUT2D eigenvalue weighted by atomic mass is 127. The van der Waals surface area contributed by atoms with Gasteiger partial charge in [-0.05, 0) is 28.7 Å². The van der Waals surface area contributed by atoms with E-state index in [4.69, 9.17) is 0 Å². The number of non-ortho nitro benzene ring substituents is 1. The van der Waals surface area contributed by atoms with Crippen LogP contribution in [0.25, 0.3) is 10.9 Å². The molecule has 1 N–H and O–H groups in total. The van der Waals surface area contributed by atoms with Crippen molar-refractivity contribution in [2.45, 2.75) is 0 Å². The van der Waals surface area contributed by atoms with Gasteiger partial charge in [0.05, 0.1) is 17.6 Å². The largest absolute Gasteiger partial charge is 0.465 e. The number of hydrogen-bond donors (Lipinski definition) is 1. The van der Waals surface area contributed by atoms with Gasteiger partial charge in [-0.25, -0.2) is 4.79 Å². The molecule has 0 saturated heterocycles. The fourth-order valence-corrected chi connectivity index (χ4v) is 2.14. The molecule has 0 aliphatic rings. The Morgan fingerprint density at radius 1 is 1.59 bits per heavy atom. The van der Waals surface area contributed by atoms with Gasteiger partial charge >= 0.3 is 5.97 Å². The number of aromatic nitrogens is 2. The maximum Gasteiger partial charge on any atom is 0.338 e. The van der Waals surface area contributed by atoms with Crippen LogP contribution in [0.1, 0.15) is 10.4 Å². The molecule has 0 aliphatic heterocycles. The van der Waals surface area contributed by atoms with Gasteiger partial charge in [0.2, 0.25) is 0 Å². The predicted octanol–water partition coefficient (Wildman–Crippen LogP) is 1.86.